The number of fused-ring (bicyclic) bond motifs is 1. The van der Waals surface area contributed by atoms with Crippen molar-refractivity contribution in [3.8, 4) is 0 Å². The number of nitrogens with zero attached hydrogens (tertiary/aromatic N) is 3. The van der Waals surface area contributed by atoms with E-state index in [1.165, 1.54) is 5.56 Å². The minimum Gasteiger partial charge on any atom is -0.266 e. The van der Waals surface area contributed by atoms with E-state index in [1.807, 2.05) is 17.9 Å². The summed E-state index contributed by atoms with van der Waals surface area (Å²) in [6, 6.07) is 2.13. The van der Waals surface area contributed by atoms with Gasteiger partial charge in [-0.25, -0.2) is 0 Å². The smallest absolute Gasteiger partial charge is 0.108 e. The van der Waals surface area contributed by atoms with E-state index in [9.17, 15) is 0 Å². The summed E-state index contributed by atoms with van der Waals surface area (Å²) in [4.78, 5) is 4.29. The fourth-order valence-electron chi connectivity index (χ4n) is 1.26. The highest BCUT2D eigenvalue weighted by Crippen LogP contribution is 2.11. The lowest BCUT2D eigenvalue weighted by molar-refractivity contribution is 0.796. The fraction of sp³-hybridized carbons (Fsp3) is 0.333. The van der Waals surface area contributed by atoms with Gasteiger partial charge in [0, 0.05) is 13.2 Å². The molecule has 62 valence electrons. The molecule has 0 N–H and O–H groups in total. The normalized spacial score (nSPS) is 10.8. The molecule has 2 heterocycles. The topological polar surface area (TPSA) is 30.7 Å². The number of rotatable bonds is 1. The number of aromatic nitrogens is 3. The lowest BCUT2D eigenvalue weighted by Gasteiger charge is -1.96. The summed E-state index contributed by atoms with van der Waals surface area (Å²) < 4.78 is 1.85. The van der Waals surface area contributed by atoms with Crippen molar-refractivity contribution in [2.24, 2.45) is 7.05 Å². The van der Waals surface area contributed by atoms with Crippen molar-refractivity contribution in [1.29, 1.82) is 0 Å². The number of hydrogen-bond acceptors (Lipinski definition) is 2. The van der Waals surface area contributed by atoms with Crippen LogP contribution in [0.1, 0.15) is 12.5 Å². The lowest BCUT2D eigenvalue weighted by atomic mass is 10.2. The van der Waals surface area contributed by atoms with Gasteiger partial charge in [-0.05, 0) is 18.1 Å². The highest BCUT2D eigenvalue weighted by atomic mass is 15.3. The molecule has 0 saturated heterocycles. The van der Waals surface area contributed by atoms with E-state index in [2.05, 4.69) is 23.1 Å². The Morgan fingerprint density at radius 3 is 3.00 bits per heavy atom. The molecule has 3 heteroatoms. The second-order valence-electron chi connectivity index (χ2n) is 2.87. The Morgan fingerprint density at radius 1 is 1.42 bits per heavy atom. The van der Waals surface area contributed by atoms with Crippen LogP contribution in [0.3, 0.4) is 0 Å². The molecule has 2 rings (SSSR count). The molecule has 2 aromatic rings. The standard InChI is InChI=1S/C9H11N3/c1-3-7-4-9-8(10-5-7)6-11-12(9)2/h4-6H,3H2,1-2H3. The van der Waals surface area contributed by atoms with Crippen LogP contribution in [0.5, 0.6) is 0 Å². The Labute approximate surface area is 71.0 Å². The van der Waals surface area contributed by atoms with E-state index in [0.29, 0.717) is 0 Å². The van der Waals surface area contributed by atoms with Crippen molar-refractivity contribution in [2.75, 3.05) is 0 Å². The van der Waals surface area contributed by atoms with Gasteiger partial charge >= 0.3 is 0 Å². The average molecular weight is 161 g/mol. The number of hydrogen-bond donors (Lipinski definition) is 0. The van der Waals surface area contributed by atoms with Crippen molar-refractivity contribution in [2.45, 2.75) is 13.3 Å². The second kappa shape index (κ2) is 2.59. The Bertz CT molecular complexity index is 403. The van der Waals surface area contributed by atoms with Crippen molar-refractivity contribution in [3.05, 3.63) is 24.0 Å². The van der Waals surface area contributed by atoms with Crippen LogP contribution in [0.15, 0.2) is 18.5 Å². The van der Waals surface area contributed by atoms with Crippen molar-refractivity contribution in [3.63, 3.8) is 0 Å². The van der Waals surface area contributed by atoms with E-state index >= 15 is 0 Å². The maximum Gasteiger partial charge on any atom is 0.108 e. The molecule has 0 aromatic carbocycles. The largest absolute Gasteiger partial charge is 0.266 e. The van der Waals surface area contributed by atoms with Crippen molar-refractivity contribution >= 4 is 11.0 Å². The van der Waals surface area contributed by atoms with Gasteiger partial charge in [0.05, 0.1) is 11.7 Å². The van der Waals surface area contributed by atoms with Crippen LogP contribution in [0, 0.1) is 0 Å². The molecule has 0 fully saturated rings. The minimum absolute atomic E-state index is 0.967. The maximum absolute atomic E-state index is 4.29. The summed E-state index contributed by atoms with van der Waals surface area (Å²) in [5.74, 6) is 0. The fourth-order valence-corrected chi connectivity index (χ4v) is 1.26. The van der Waals surface area contributed by atoms with Gasteiger partial charge in [0.15, 0.2) is 0 Å². The van der Waals surface area contributed by atoms with Gasteiger partial charge in [0.25, 0.3) is 0 Å². The van der Waals surface area contributed by atoms with Crippen molar-refractivity contribution < 1.29 is 0 Å². The summed E-state index contributed by atoms with van der Waals surface area (Å²) in [5.41, 5.74) is 3.33. The van der Waals surface area contributed by atoms with Crippen LogP contribution < -0.4 is 0 Å². The first-order chi connectivity index (χ1) is 5.81. The highest BCUT2D eigenvalue weighted by Gasteiger charge is 2.00. The molecule has 0 amide bonds. The zero-order valence-corrected chi connectivity index (χ0v) is 7.28. The van der Waals surface area contributed by atoms with E-state index in [0.717, 1.165) is 17.5 Å². The third-order valence-electron chi connectivity index (χ3n) is 2.06. The molecule has 12 heavy (non-hydrogen) atoms. The molecule has 0 radical (unpaired) electrons. The number of pyridine rings is 1. The molecule has 0 unspecified atom stereocenters. The number of aryl methyl sites for hydroxylation is 2. The summed E-state index contributed by atoms with van der Waals surface area (Å²) in [7, 11) is 1.93. The van der Waals surface area contributed by atoms with Crippen molar-refractivity contribution in [1.82, 2.24) is 14.8 Å². The van der Waals surface area contributed by atoms with E-state index in [1.54, 1.807) is 6.20 Å². The Morgan fingerprint density at radius 2 is 2.25 bits per heavy atom. The molecule has 0 atom stereocenters. The highest BCUT2D eigenvalue weighted by molar-refractivity contribution is 5.74. The van der Waals surface area contributed by atoms with Crippen LogP contribution in [-0.2, 0) is 13.5 Å². The Balaban J connectivity index is 2.71. The van der Waals surface area contributed by atoms with Crippen LogP contribution in [0.2, 0.25) is 0 Å². The summed E-state index contributed by atoms with van der Waals surface area (Å²) in [6.45, 7) is 2.12. The third kappa shape index (κ3) is 0.978. The van der Waals surface area contributed by atoms with Crippen LogP contribution in [0.4, 0.5) is 0 Å². The zero-order chi connectivity index (χ0) is 8.55. The Hall–Kier alpha value is -1.38. The Kier molecular flexibility index (Phi) is 1.57. The first-order valence-corrected chi connectivity index (χ1v) is 4.08. The lowest BCUT2D eigenvalue weighted by Crippen LogP contribution is -1.90. The first kappa shape index (κ1) is 7.28. The van der Waals surface area contributed by atoms with Gasteiger partial charge in [0.2, 0.25) is 0 Å². The van der Waals surface area contributed by atoms with Gasteiger partial charge in [-0.1, -0.05) is 6.92 Å². The molecule has 0 aliphatic heterocycles. The third-order valence-corrected chi connectivity index (χ3v) is 2.06. The van der Waals surface area contributed by atoms with Gasteiger partial charge in [-0.15, -0.1) is 0 Å². The van der Waals surface area contributed by atoms with Crippen LogP contribution in [-0.4, -0.2) is 14.8 Å². The molecule has 0 aliphatic carbocycles. The van der Waals surface area contributed by atoms with Gasteiger partial charge in [0.1, 0.15) is 5.52 Å². The summed E-state index contributed by atoms with van der Waals surface area (Å²) in [6.07, 6.45) is 4.72. The first-order valence-electron chi connectivity index (χ1n) is 4.08. The summed E-state index contributed by atoms with van der Waals surface area (Å²) in [5, 5.41) is 4.13. The predicted molar refractivity (Wildman–Crippen MR) is 47.9 cm³/mol. The van der Waals surface area contributed by atoms with E-state index in [4.69, 9.17) is 0 Å². The average Bonchev–Trinajstić information content (AvgIpc) is 2.47. The quantitative estimate of drug-likeness (QED) is 0.635. The van der Waals surface area contributed by atoms with Gasteiger partial charge in [-0.3, -0.25) is 9.67 Å². The van der Waals surface area contributed by atoms with E-state index < -0.39 is 0 Å². The molecule has 0 saturated carbocycles. The molecule has 0 spiro atoms. The monoisotopic (exact) mass is 161 g/mol. The predicted octanol–water partition coefficient (Wildman–Crippen LogP) is 1.53. The van der Waals surface area contributed by atoms with E-state index in [-0.39, 0.29) is 0 Å². The molecule has 0 aliphatic rings. The molecule has 3 nitrogen and oxygen atoms in total. The van der Waals surface area contributed by atoms with Gasteiger partial charge in [-0.2, -0.15) is 5.10 Å². The zero-order valence-electron chi connectivity index (χ0n) is 7.28. The van der Waals surface area contributed by atoms with Crippen LogP contribution in [0.25, 0.3) is 11.0 Å². The second-order valence-corrected chi connectivity index (χ2v) is 2.87. The molecule has 0 bridgehead atoms. The minimum atomic E-state index is 0.967. The maximum atomic E-state index is 4.29. The van der Waals surface area contributed by atoms with Crippen LogP contribution >= 0.6 is 0 Å². The van der Waals surface area contributed by atoms with Gasteiger partial charge < -0.3 is 0 Å². The SMILES string of the molecule is CCc1cnc2cnn(C)c2c1. The molecule has 2 aromatic heterocycles. The molecular weight excluding hydrogens is 150 g/mol. The summed E-state index contributed by atoms with van der Waals surface area (Å²) >= 11 is 0. The molecular formula is C9H11N3.